The molecule has 1 aromatic rings. The molecule has 2 N–H and O–H groups in total. The Morgan fingerprint density at radius 3 is 2.25 bits per heavy atom. The smallest absolute Gasteiger partial charge is 0.251 e. The third kappa shape index (κ3) is 3.83. The Balaban J connectivity index is 1.40. The molecule has 0 atom stereocenters. The van der Waals surface area contributed by atoms with E-state index in [4.69, 9.17) is 0 Å². The van der Waals surface area contributed by atoms with Crippen molar-refractivity contribution in [1.82, 2.24) is 10.6 Å². The zero-order valence-corrected chi connectivity index (χ0v) is 12.0. The summed E-state index contributed by atoms with van der Waals surface area (Å²) in [5, 5.41) is 6.79. The SMILES string of the molecule is O=C(NC1CCC(CNC2CC2)CC1)c1ccccc1. The minimum Gasteiger partial charge on any atom is -0.349 e. The third-order valence-corrected chi connectivity index (χ3v) is 4.49. The molecular weight excluding hydrogens is 248 g/mol. The fourth-order valence-corrected chi connectivity index (χ4v) is 2.99. The third-order valence-electron chi connectivity index (χ3n) is 4.49. The molecule has 3 rings (SSSR count). The monoisotopic (exact) mass is 272 g/mol. The summed E-state index contributed by atoms with van der Waals surface area (Å²) in [6, 6.07) is 10.7. The first-order valence-electron chi connectivity index (χ1n) is 7.90. The van der Waals surface area contributed by atoms with Gasteiger partial charge in [0.15, 0.2) is 0 Å². The van der Waals surface area contributed by atoms with Gasteiger partial charge >= 0.3 is 0 Å². The van der Waals surface area contributed by atoms with E-state index in [1.54, 1.807) is 0 Å². The molecule has 0 aliphatic heterocycles. The minimum atomic E-state index is 0.0742. The van der Waals surface area contributed by atoms with E-state index < -0.39 is 0 Å². The summed E-state index contributed by atoms with van der Waals surface area (Å²) >= 11 is 0. The lowest BCUT2D eigenvalue weighted by atomic mass is 9.86. The molecule has 0 radical (unpaired) electrons. The van der Waals surface area contributed by atoms with E-state index in [2.05, 4.69) is 10.6 Å². The second-order valence-corrected chi connectivity index (χ2v) is 6.24. The molecule has 2 saturated carbocycles. The maximum absolute atomic E-state index is 12.1. The van der Waals surface area contributed by atoms with Gasteiger partial charge in [0.25, 0.3) is 5.91 Å². The summed E-state index contributed by atoms with van der Waals surface area (Å²) in [6.07, 6.45) is 7.44. The predicted octanol–water partition coefficient (Wildman–Crippen LogP) is 2.73. The Morgan fingerprint density at radius 1 is 0.950 bits per heavy atom. The van der Waals surface area contributed by atoms with Crippen LogP contribution in [0.5, 0.6) is 0 Å². The molecular formula is C17H24N2O. The second-order valence-electron chi connectivity index (χ2n) is 6.24. The zero-order chi connectivity index (χ0) is 13.8. The van der Waals surface area contributed by atoms with Crippen LogP contribution in [0, 0.1) is 5.92 Å². The number of carbonyl (C=O) groups excluding carboxylic acids is 1. The summed E-state index contributed by atoms with van der Waals surface area (Å²) < 4.78 is 0. The van der Waals surface area contributed by atoms with Gasteiger partial charge in [-0.05, 0) is 63.1 Å². The highest BCUT2D eigenvalue weighted by Gasteiger charge is 2.25. The van der Waals surface area contributed by atoms with Crippen molar-refractivity contribution >= 4 is 5.91 Å². The van der Waals surface area contributed by atoms with Gasteiger partial charge in [0, 0.05) is 17.6 Å². The number of hydrogen-bond donors (Lipinski definition) is 2. The quantitative estimate of drug-likeness (QED) is 0.865. The van der Waals surface area contributed by atoms with Crippen LogP contribution in [0.4, 0.5) is 0 Å². The number of carbonyl (C=O) groups is 1. The van der Waals surface area contributed by atoms with Gasteiger partial charge in [0.05, 0.1) is 0 Å². The average Bonchev–Trinajstić information content (AvgIpc) is 3.32. The maximum Gasteiger partial charge on any atom is 0.251 e. The van der Waals surface area contributed by atoms with Crippen molar-refractivity contribution in [2.45, 2.75) is 50.6 Å². The molecule has 1 amide bonds. The van der Waals surface area contributed by atoms with Gasteiger partial charge in [-0.1, -0.05) is 18.2 Å². The van der Waals surface area contributed by atoms with E-state index in [-0.39, 0.29) is 5.91 Å². The summed E-state index contributed by atoms with van der Waals surface area (Å²) in [5.74, 6) is 0.880. The molecule has 3 nitrogen and oxygen atoms in total. The Hall–Kier alpha value is -1.35. The zero-order valence-electron chi connectivity index (χ0n) is 12.0. The second kappa shape index (κ2) is 6.40. The Morgan fingerprint density at radius 2 is 1.60 bits per heavy atom. The molecule has 0 saturated heterocycles. The standard InChI is InChI=1S/C17H24N2O/c20-17(14-4-2-1-3-5-14)19-16-8-6-13(7-9-16)12-18-15-10-11-15/h1-5,13,15-16,18H,6-12H2,(H,19,20). The van der Waals surface area contributed by atoms with Gasteiger partial charge in [0.1, 0.15) is 0 Å². The lowest BCUT2D eigenvalue weighted by Gasteiger charge is -2.29. The fourth-order valence-electron chi connectivity index (χ4n) is 2.99. The van der Waals surface area contributed by atoms with Crippen LogP contribution < -0.4 is 10.6 Å². The molecule has 2 fully saturated rings. The van der Waals surface area contributed by atoms with Crippen molar-refractivity contribution in [2.24, 2.45) is 5.92 Å². The van der Waals surface area contributed by atoms with Crippen LogP contribution in [-0.4, -0.2) is 24.5 Å². The van der Waals surface area contributed by atoms with Crippen LogP contribution in [0.1, 0.15) is 48.9 Å². The normalized spacial score (nSPS) is 26.2. The molecule has 2 aliphatic rings. The van der Waals surface area contributed by atoms with Gasteiger partial charge in [-0.15, -0.1) is 0 Å². The molecule has 0 heterocycles. The highest BCUT2D eigenvalue weighted by atomic mass is 16.1. The van der Waals surface area contributed by atoms with E-state index in [9.17, 15) is 4.79 Å². The van der Waals surface area contributed by atoms with Crippen molar-refractivity contribution in [1.29, 1.82) is 0 Å². The van der Waals surface area contributed by atoms with Gasteiger partial charge in [-0.2, -0.15) is 0 Å². The van der Waals surface area contributed by atoms with Crippen molar-refractivity contribution in [2.75, 3.05) is 6.54 Å². The summed E-state index contributed by atoms with van der Waals surface area (Å²) in [4.78, 5) is 12.1. The molecule has 20 heavy (non-hydrogen) atoms. The summed E-state index contributed by atoms with van der Waals surface area (Å²) in [5.41, 5.74) is 0.769. The van der Waals surface area contributed by atoms with Gasteiger partial charge in [0.2, 0.25) is 0 Å². The van der Waals surface area contributed by atoms with Gasteiger partial charge in [-0.3, -0.25) is 4.79 Å². The van der Waals surface area contributed by atoms with E-state index >= 15 is 0 Å². The summed E-state index contributed by atoms with van der Waals surface area (Å²) in [7, 11) is 0. The number of hydrogen-bond acceptors (Lipinski definition) is 2. The highest BCUT2D eigenvalue weighted by molar-refractivity contribution is 5.94. The highest BCUT2D eigenvalue weighted by Crippen LogP contribution is 2.26. The number of benzene rings is 1. The minimum absolute atomic E-state index is 0.0742. The predicted molar refractivity (Wildman–Crippen MR) is 80.7 cm³/mol. The van der Waals surface area contributed by atoms with Crippen LogP contribution in [0.15, 0.2) is 30.3 Å². The average molecular weight is 272 g/mol. The molecule has 0 bridgehead atoms. The first-order chi connectivity index (χ1) is 9.81. The molecule has 2 aliphatic carbocycles. The van der Waals surface area contributed by atoms with Gasteiger partial charge in [-0.25, -0.2) is 0 Å². The van der Waals surface area contributed by atoms with E-state index in [0.29, 0.717) is 6.04 Å². The number of nitrogens with one attached hydrogen (secondary N) is 2. The first-order valence-corrected chi connectivity index (χ1v) is 7.90. The van der Waals surface area contributed by atoms with Crippen molar-refractivity contribution in [3.63, 3.8) is 0 Å². The van der Waals surface area contributed by atoms with E-state index in [0.717, 1.165) is 30.4 Å². The van der Waals surface area contributed by atoms with Crippen molar-refractivity contribution in [3.8, 4) is 0 Å². The van der Waals surface area contributed by atoms with Crippen LogP contribution in [0.2, 0.25) is 0 Å². The largest absolute Gasteiger partial charge is 0.349 e. The van der Waals surface area contributed by atoms with Crippen LogP contribution >= 0.6 is 0 Å². The first kappa shape index (κ1) is 13.6. The fraction of sp³-hybridized carbons (Fsp3) is 0.588. The van der Waals surface area contributed by atoms with Crippen molar-refractivity contribution in [3.05, 3.63) is 35.9 Å². The molecule has 0 unspecified atom stereocenters. The lowest BCUT2D eigenvalue weighted by molar-refractivity contribution is 0.0922. The van der Waals surface area contributed by atoms with Gasteiger partial charge < -0.3 is 10.6 Å². The molecule has 0 spiro atoms. The molecule has 1 aromatic carbocycles. The number of rotatable bonds is 5. The van der Waals surface area contributed by atoms with Crippen LogP contribution in [0.25, 0.3) is 0 Å². The molecule has 3 heteroatoms. The summed E-state index contributed by atoms with van der Waals surface area (Å²) in [6.45, 7) is 1.17. The lowest BCUT2D eigenvalue weighted by Crippen LogP contribution is -2.39. The van der Waals surface area contributed by atoms with Crippen LogP contribution in [0.3, 0.4) is 0 Å². The number of amides is 1. The Kier molecular flexibility index (Phi) is 4.36. The van der Waals surface area contributed by atoms with Crippen molar-refractivity contribution < 1.29 is 4.79 Å². The Labute approximate surface area is 121 Å². The van der Waals surface area contributed by atoms with Crippen LogP contribution in [-0.2, 0) is 0 Å². The Bertz CT molecular complexity index is 434. The van der Waals surface area contributed by atoms with E-state index in [1.165, 1.54) is 32.2 Å². The maximum atomic E-state index is 12.1. The molecule has 0 aromatic heterocycles. The topological polar surface area (TPSA) is 41.1 Å². The molecule has 108 valence electrons. The van der Waals surface area contributed by atoms with E-state index in [1.807, 2.05) is 30.3 Å².